The predicted octanol–water partition coefficient (Wildman–Crippen LogP) is -0.261. The number of hydrogen-bond donors (Lipinski definition) is 2. The molecule has 3 N–H and O–H groups in total. The van der Waals surface area contributed by atoms with Crippen LogP contribution in [0, 0.1) is 6.92 Å². The van der Waals surface area contributed by atoms with Gasteiger partial charge in [-0.2, -0.15) is 0 Å². The van der Waals surface area contributed by atoms with E-state index in [1.54, 1.807) is 6.20 Å². The van der Waals surface area contributed by atoms with Crippen LogP contribution in [0.1, 0.15) is 11.3 Å². The number of aromatic nitrogens is 2. The number of nitrogens with two attached hydrogens (primary N) is 1. The third-order valence-corrected chi connectivity index (χ3v) is 1.73. The van der Waals surface area contributed by atoms with E-state index in [9.17, 15) is 4.79 Å². The molecule has 0 aliphatic heterocycles. The third-order valence-electron chi connectivity index (χ3n) is 1.73. The number of aryl methyl sites for hydroxylation is 1. The molecule has 1 rings (SSSR count). The topological polar surface area (TPSA) is 89.1 Å². The molecule has 0 fully saturated rings. The average molecular weight is 181 g/mol. The van der Waals surface area contributed by atoms with Crippen molar-refractivity contribution in [3.63, 3.8) is 0 Å². The standard InChI is InChI=1S/C8H11N3O2/c1-5-3-10-4-11-7(5)2-6(9)8(12)13/h3-4,6H,2,9H2,1H3,(H,12,13). The molecule has 0 aliphatic carbocycles. The zero-order valence-electron chi connectivity index (χ0n) is 7.27. The lowest BCUT2D eigenvalue weighted by Gasteiger charge is -2.06. The van der Waals surface area contributed by atoms with Gasteiger partial charge in [-0.05, 0) is 12.5 Å². The minimum atomic E-state index is -1.02. The molecule has 1 aromatic heterocycles. The maximum absolute atomic E-state index is 10.4. The second-order valence-corrected chi connectivity index (χ2v) is 2.80. The summed E-state index contributed by atoms with van der Waals surface area (Å²) in [5, 5.41) is 8.57. The lowest BCUT2D eigenvalue weighted by molar-refractivity contribution is -0.138. The predicted molar refractivity (Wildman–Crippen MR) is 46.1 cm³/mol. The fourth-order valence-corrected chi connectivity index (χ4v) is 0.934. The summed E-state index contributed by atoms with van der Waals surface area (Å²) in [6, 6.07) is -0.895. The van der Waals surface area contributed by atoms with E-state index in [2.05, 4.69) is 9.97 Å². The molecule has 1 heterocycles. The Kier molecular flexibility index (Phi) is 2.92. The molecule has 5 nitrogen and oxygen atoms in total. The van der Waals surface area contributed by atoms with Gasteiger partial charge in [0.2, 0.25) is 0 Å². The van der Waals surface area contributed by atoms with Crippen LogP contribution in [-0.2, 0) is 11.2 Å². The number of nitrogens with zero attached hydrogens (tertiary/aromatic N) is 2. The third kappa shape index (κ3) is 2.48. The van der Waals surface area contributed by atoms with Crippen LogP contribution in [0.15, 0.2) is 12.5 Å². The van der Waals surface area contributed by atoms with E-state index in [0.717, 1.165) is 5.56 Å². The Balaban J connectivity index is 2.74. The first-order valence-electron chi connectivity index (χ1n) is 3.85. The van der Waals surface area contributed by atoms with Crippen molar-refractivity contribution in [3.8, 4) is 0 Å². The Morgan fingerprint density at radius 3 is 3.00 bits per heavy atom. The maximum atomic E-state index is 10.4. The lowest BCUT2D eigenvalue weighted by atomic mass is 10.1. The van der Waals surface area contributed by atoms with Gasteiger partial charge < -0.3 is 10.8 Å². The number of carboxylic acids is 1. The molecule has 0 aliphatic rings. The van der Waals surface area contributed by atoms with Crippen LogP contribution >= 0.6 is 0 Å². The minimum absolute atomic E-state index is 0.240. The van der Waals surface area contributed by atoms with Gasteiger partial charge in [0.1, 0.15) is 12.4 Å². The Labute approximate surface area is 75.6 Å². The lowest BCUT2D eigenvalue weighted by Crippen LogP contribution is -2.32. The van der Waals surface area contributed by atoms with Crippen LogP contribution in [-0.4, -0.2) is 27.1 Å². The summed E-state index contributed by atoms with van der Waals surface area (Å²) in [6.45, 7) is 1.82. The average Bonchev–Trinajstić information content (AvgIpc) is 2.08. The zero-order valence-corrected chi connectivity index (χ0v) is 7.27. The van der Waals surface area contributed by atoms with Crippen LogP contribution < -0.4 is 5.73 Å². The fraction of sp³-hybridized carbons (Fsp3) is 0.375. The van der Waals surface area contributed by atoms with Crippen LogP contribution in [0.4, 0.5) is 0 Å². The number of rotatable bonds is 3. The van der Waals surface area contributed by atoms with Gasteiger partial charge in [-0.3, -0.25) is 4.79 Å². The van der Waals surface area contributed by atoms with Gasteiger partial charge in [-0.15, -0.1) is 0 Å². The first-order chi connectivity index (χ1) is 6.11. The molecule has 70 valence electrons. The number of hydrogen-bond acceptors (Lipinski definition) is 4. The quantitative estimate of drug-likeness (QED) is 0.670. The molecule has 0 saturated heterocycles. The summed E-state index contributed by atoms with van der Waals surface area (Å²) in [5.41, 5.74) is 6.90. The Bertz CT molecular complexity index is 314. The summed E-state index contributed by atoms with van der Waals surface area (Å²) >= 11 is 0. The molecule has 0 bridgehead atoms. The number of aliphatic carboxylic acids is 1. The van der Waals surface area contributed by atoms with Crippen molar-refractivity contribution in [2.75, 3.05) is 0 Å². The Hall–Kier alpha value is -1.49. The van der Waals surface area contributed by atoms with Crippen LogP contribution in [0.2, 0.25) is 0 Å². The van der Waals surface area contributed by atoms with Gasteiger partial charge >= 0.3 is 5.97 Å². The van der Waals surface area contributed by atoms with Crippen LogP contribution in [0.5, 0.6) is 0 Å². The Morgan fingerprint density at radius 1 is 1.77 bits per heavy atom. The molecule has 1 unspecified atom stereocenters. The second kappa shape index (κ2) is 3.95. The van der Waals surface area contributed by atoms with Gasteiger partial charge in [-0.1, -0.05) is 0 Å². The molecule has 1 aromatic rings. The highest BCUT2D eigenvalue weighted by atomic mass is 16.4. The van der Waals surface area contributed by atoms with Gasteiger partial charge in [0, 0.05) is 18.3 Å². The maximum Gasteiger partial charge on any atom is 0.320 e. The first kappa shape index (κ1) is 9.60. The summed E-state index contributed by atoms with van der Waals surface area (Å²) < 4.78 is 0. The fourth-order valence-electron chi connectivity index (χ4n) is 0.934. The van der Waals surface area contributed by atoms with Crippen molar-refractivity contribution in [3.05, 3.63) is 23.8 Å². The zero-order chi connectivity index (χ0) is 9.84. The van der Waals surface area contributed by atoms with E-state index in [1.165, 1.54) is 6.33 Å². The molecule has 0 radical (unpaired) electrons. The highest BCUT2D eigenvalue weighted by Gasteiger charge is 2.13. The SMILES string of the molecule is Cc1cncnc1CC(N)C(=O)O. The van der Waals surface area contributed by atoms with Gasteiger partial charge in [0.05, 0.1) is 0 Å². The van der Waals surface area contributed by atoms with Gasteiger partial charge in [0.15, 0.2) is 0 Å². The van der Waals surface area contributed by atoms with Crippen LogP contribution in [0.3, 0.4) is 0 Å². The van der Waals surface area contributed by atoms with Gasteiger partial charge in [-0.25, -0.2) is 9.97 Å². The smallest absolute Gasteiger partial charge is 0.320 e. The van der Waals surface area contributed by atoms with Crippen molar-refractivity contribution in [1.82, 2.24) is 9.97 Å². The van der Waals surface area contributed by atoms with E-state index in [0.29, 0.717) is 5.69 Å². The van der Waals surface area contributed by atoms with E-state index in [4.69, 9.17) is 10.8 Å². The van der Waals surface area contributed by atoms with E-state index in [-0.39, 0.29) is 6.42 Å². The molecule has 0 amide bonds. The van der Waals surface area contributed by atoms with Crippen molar-refractivity contribution < 1.29 is 9.90 Å². The molecule has 1 atom stereocenters. The molecule has 0 saturated carbocycles. The highest BCUT2D eigenvalue weighted by molar-refractivity contribution is 5.73. The molecule has 13 heavy (non-hydrogen) atoms. The van der Waals surface area contributed by atoms with Crippen LogP contribution in [0.25, 0.3) is 0 Å². The van der Waals surface area contributed by atoms with Crippen molar-refractivity contribution in [1.29, 1.82) is 0 Å². The van der Waals surface area contributed by atoms with Gasteiger partial charge in [0.25, 0.3) is 0 Å². The normalized spacial score (nSPS) is 12.5. The Morgan fingerprint density at radius 2 is 2.46 bits per heavy atom. The van der Waals surface area contributed by atoms with E-state index in [1.807, 2.05) is 6.92 Å². The molecule has 0 spiro atoms. The molecular formula is C8H11N3O2. The minimum Gasteiger partial charge on any atom is -0.480 e. The van der Waals surface area contributed by atoms with Crippen molar-refractivity contribution in [2.45, 2.75) is 19.4 Å². The second-order valence-electron chi connectivity index (χ2n) is 2.80. The largest absolute Gasteiger partial charge is 0.480 e. The monoisotopic (exact) mass is 181 g/mol. The van der Waals surface area contributed by atoms with E-state index < -0.39 is 12.0 Å². The molecular weight excluding hydrogens is 170 g/mol. The summed E-state index contributed by atoms with van der Waals surface area (Å²) in [7, 11) is 0. The van der Waals surface area contributed by atoms with Crippen molar-refractivity contribution >= 4 is 5.97 Å². The summed E-state index contributed by atoms with van der Waals surface area (Å²) in [4.78, 5) is 18.2. The number of carboxylic acid groups (broad SMARTS) is 1. The van der Waals surface area contributed by atoms with Crippen molar-refractivity contribution in [2.24, 2.45) is 5.73 Å². The summed E-state index contributed by atoms with van der Waals surface area (Å²) in [6.07, 6.45) is 3.26. The molecule has 5 heteroatoms. The summed E-state index contributed by atoms with van der Waals surface area (Å²) in [5.74, 6) is -1.02. The van der Waals surface area contributed by atoms with E-state index >= 15 is 0 Å². The molecule has 0 aromatic carbocycles. The highest BCUT2D eigenvalue weighted by Crippen LogP contribution is 2.03. The first-order valence-corrected chi connectivity index (χ1v) is 3.85. The number of carbonyl (C=O) groups is 1.